The molecule has 6 nitrogen and oxygen atoms in total. The lowest BCUT2D eigenvalue weighted by molar-refractivity contribution is 0.0930. The molecule has 0 spiro atoms. The first kappa shape index (κ1) is 16.6. The summed E-state index contributed by atoms with van der Waals surface area (Å²) < 4.78 is 0. The normalized spacial score (nSPS) is 20.4. The van der Waals surface area contributed by atoms with Gasteiger partial charge in [-0.1, -0.05) is 0 Å². The van der Waals surface area contributed by atoms with Gasteiger partial charge in [0.1, 0.15) is 4.88 Å². The molecule has 2 aromatic rings. The van der Waals surface area contributed by atoms with Crippen LogP contribution in [-0.4, -0.2) is 35.4 Å². The van der Waals surface area contributed by atoms with Gasteiger partial charge in [-0.05, 0) is 49.9 Å². The number of rotatable bonds is 4. The SMILES string of the molecule is CC1CC(NC(=O)c2sccc2NC(=O)c2ccncc2)CCN1. The van der Waals surface area contributed by atoms with E-state index in [-0.39, 0.29) is 17.9 Å². The first-order valence-electron chi connectivity index (χ1n) is 7.96. The highest BCUT2D eigenvalue weighted by molar-refractivity contribution is 7.12. The Kier molecular flexibility index (Phi) is 5.22. The van der Waals surface area contributed by atoms with E-state index in [1.165, 1.54) is 11.3 Å². The van der Waals surface area contributed by atoms with Gasteiger partial charge in [-0.3, -0.25) is 14.6 Å². The summed E-state index contributed by atoms with van der Waals surface area (Å²) in [5.41, 5.74) is 1.05. The van der Waals surface area contributed by atoms with Crippen molar-refractivity contribution in [3.05, 3.63) is 46.4 Å². The summed E-state index contributed by atoms with van der Waals surface area (Å²) in [5.74, 6) is -0.380. The van der Waals surface area contributed by atoms with Crippen LogP contribution in [0.4, 0.5) is 5.69 Å². The quantitative estimate of drug-likeness (QED) is 0.794. The van der Waals surface area contributed by atoms with Crippen molar-refractivity contribution < 1.29 is 9.59 Å². The summed E-state index contributed by atoms with van der Waals surface area (Å²) in [6.45, 7) is 3.02. The van der Waals surface area contributed by atoms with E-state index in [1.807, 2.05) is 5.38 Å². The predicted molar refractivity (Wildman–Crippen MR) is 94.5 cm³/mol. The number of nitrogens with one attached hydrogen (secondary N) is 3. The van der Waals surface area contributed by atoms with Crippen LogP contribution in [0.3, 0.4) is 0 Å². The van der Waals surface area contributed by atoms with Gasteiger partial charge < -0.3 is 16.0 Å². The smallest absolute Gasteiger partial charge is 0.263 e. The summed E-state index contributed by atoms with van der Waals surface area (Å²) in [6, 6.07) is 5.59. The van der Waals surface area contributed by atoms with E-state index in [9.17, 15) is 9.59 Å². The lowest BCUT2D eigenvalue weighted by Crippen LogP contribution is -2.46. The molecule has 24 heavy (non-hydrogen) atoms. The number of hydrogen-bond acceptors (Lipinski definition) is 5. The fourth-order valence-electron chi connectivity index (χ4n) is 2.80. The summed E-state index contributed by atoms with van der Waals surface area (Å²) in [7, 11) is 0. The minimum absolute atomic E-state index is 0.130. The molecule has 3 rings (SSSR count). The van der Waals surface area contributed by atoms with Crippen molar-refractivity contribution in [2.24, 2.45) is 0 Å². The van der Waals surface area contributed by atoms with Gasteiger partial charge in [-0.15, -0.1) is 11.3 Å². The van der Waals surface area contributed by atoms with Crippen molar-refractivity contribution in [2.75, 3.05) is 11.9 Å². The third kappa shape index (κ3) is 3.98. The third-order valence-electron chi connectivity index (χ3n) is 4.02. The van der Waals surface area contributed by atoms with Gasteiger partial charge >= 0.3 is 0 Å². The molecule has 3 heterocycles. The van der Waals surface area contributed by atoms with Crippen molar-refractivity contribution >= 4 is 28.8 Å². The molecule has 1 aliphatic heterocycles. The molecule has 1 fully saturated rings. The largest absolute Gasteiger partial charge is 0.348 e. The molecule has 0 saturated carbocycles. The Hall–Kier alpha value is -2.25. The molecule has 0 aliphatic carbocycles. The summed E-state index contributed by atoms with van der Waals surface area (Å²) in [5, 5.41) is 11.1. The maximum Gasteiger partial charge on any atom is 0.263 e. The first-order chi connectivity index (χ1) is 11.6. The fourth-order valence-corrected chi connectivity index (χ4v) is 3.55. The van der Waals surface area contributed by atoms with Crippen LogP contribution < -0.4 is 16.0 Å². The molecule has 0 bridgehead atoms. The van der Waals surface area contributed by atoms with Gasteiger partial charge in [0.2, 0.25) is 0 Å². The highest BCUT2D eigenvalue weighted by Gasteiger charge is 2.23. The van der Waals surface area contributed by atoms with Gasteiger partial charge in [0, 0.05) is 30.0 Å². The van der Waals surface area contributed by atoms with E-state index in [0.717, 1.165) is 19.4 Å². The molecule has 2 aromatic heterocycles. The van der Waals surface area contributed by atoms with Crippen LogP contribution >= 0.6 is 11.3 Å². The van der Waals surface area contributed by atoms with E-state index >= 15 is 0 Å². The zero-order valence-electron chi connectivity index (χ0n) is 13.4. The molecule has 0 radical (unpaired) electrons. The lowest BCUT2D eigenvalue weighted by atomic mass is 10.0. The van der Waals surface area contributed by atoms with Crippen LogP contribution in [-0.2, 0) is 0 Å². The molecule has 126 valence electrons. The lowest BCUT2D eigenvalue weighted by Gasteiger charge is -2.28. The third-order valence-corrected chi connectivity index (χ3v) is 4.93. The average Bonchev–Trinajstić information content (AvgIpc) is 3.04. The fraction of sp³-hybridized carbons (Fsp3) is 0.353. The minimum Gasteiger partial charge on any atom is -0.348 e. The Balaban J connectivity index is 1.66. The number of nitrogens with zero attached hydrogens (tertiary/aromatic N) is 1. The van der Waals surface area contributed by atoms with Crippen molar-refractivity contribution in [2.45, 2.75) is 31.8 Å². The molecule has 2 amide bonds. The summed E-state index contributed by atoms with van der Waals surface area (Å²) in [6.07, 6.45) is 4.96. The number of thiophene rings is 1. The van der Waals surface area contributed by atoms with Crippen molar-refractivity contribution in [1.29, 1.82) is 0 Å². The molecule has 1 aliphatic rings. The van der Waals surface area contributed by atoms with E-state index in [4.69, 9.17) is 0 Å². The Labute approximate surface area is 144 Å². The van der Waals surface area contributed by atoms with E-state index in [2.05, 4.69) is 27.9 Å². The zero-order chi connectivity index (χ0) is 16.9. The molecule has 3 N–H and O–H groups in total. The molecule has 7 heteroatoms. The number of carbonyl (C=O) groups is 2. The number of aromatic nitrogens is 1. The Morgan fingerprint density at radius 1 is 1.25 bits per heavy atom. The maximum atomic E-state index is 12.5. The van der Waals surface area contributed by atoms with E-state index < -0.39 is 0 Å². The van der Waals surface area contributed by atoms with Crippen LogP contribution in [0, 0.1) is 0 Å². The molecular weight excluding hydrogens is 324 g/mol. The number of pyridine rings is 1. The topological polar surface area (TPSA) is 83.1 Å². The van der Waals surface area contributed by atoms with Gasteiger partial charge in [-0.2, -0.15) is 0 Å². The van der Waals surface area contributed by atoms with E-state index in [1.54, 1.807) is 30.6 Å². The highest BCUT2D eigenvalue weighted by Crippen LogP contribution is 2.23. The van der Waals surface area contributed by atoms with E-state index in [0.29, 0.717) is 22.2 Å². The van der Waals surface area contributed by atoms with Crippen LogP contribution in [0.25, 0.3) is 0 Å². The Morgan fingerprint density at radius 3 is 2.79 bits per heavy atom. The van der Waals surface area contributed by atoms with Crippen molar-refractivity contribution in [3.63, 3.8) is 0 Å². The number of amides is 2. The Morgan fingerprint density at radius 2 is 2.04 bits per heavy atom. The standard InChI is InChI=1S/C17H20N4O2S/c1-11-10-13(4-8-19-11)20-17(23)15-14(5-9-24-15)21-16(22)12-2-6-18-7-3-12/h2-3,5-7,9,11,13,19H,4,8,10H2,1H3,(H,20,23)(H,21,22). The monoisotopic (exact) mass is 344 g/mol. The minimum atomic E-state index is -0.250. The molecule has 2 atom stereocenters. The summed E-state index contributed by atoms with van der Waals surface area (Å²) >= 11 is 1.33. The molecule has 1 saturated heterocycles. The Bertz CT molecular complexity index is 716. The van der Waals surface area contributed by atoms with Crippen LogP contribution in [0.5, 0.6) is 0 Å². The first-order valence-corrected chi connectivity index (χ1v) is 8.84. The second-order valence-electron chi connectivity index (χ2n) is 5.90. The van der Waals surface area contributed by atoms with Crippen LogP contribution in [0.15, 0.2) is 36.0 Å². The van der Waals surface area contributed by atoms with Gasteiger partial charge in [0.25, 0.3) is 11.8 Å². The van der Waals surface area contributed by atoms with Crippen molar-refractivity contribution in [1.82, 2.24) is 15.6 Å². The molecule has 2 unspecified atom stereocenters. The van der Waals surface area contributed by atoms with Gasteiger partial charge in [0.05, 0.1) is 5.69 Å². The highest BCUT2D eigenvalue weighted by atomic mass is 32.1. The number of piperidine rings is 1. The summed E-state index contributed by atoms with van der Waals surface area (Å²) in [4.78, 5) is 29.2. The van der Waals surface area contributed by atoms with Gasteiger partial charge in [-0.25, -0.2) is 0 Å². The van der Waals surface area contributed by atoms with Crippen LogP contribution in [0.2, 0.25) is 0 Å². The predicted octanol–water partition coefficient (Wildman–Crippen LogP) is 2.27. The second kappa shape index (κ2) is 7.55. The molecular formula is C17H20N4O2S. The van der Waals surface area contributed by atoms with Crippen LogP contribution in [0.1, 0.15) is 39.8 Å². The zero-order valence-corrected chi connectivity index (χ0v) is 14.2. The number of carbonyl (C=O) groups excluding carboxylic acids is 2. The second-order valence-corrected chi connectivity index (χ2v) is 6.82. The average molecular weight is 344 g/mol. The van der Waals surface area contributed by atoms with Crippen molar-refractivity contribution in [3.8, 4) is 0 Å². The maximum absolute atomic E-state index is 12.5. The molecule has 0 aromatic carbocycles. The number of hydrogen-bond donors (Lipinski definition) is 3. The van der Waals surface area contributed by atoms with Gasteiger partial charge in [0.15, 0.2) is 0 Å². The number of anilines is 1.